The molecule has 0 radical (unpaired) electrons. The molecule has 1 amide bonds. The number of methoxy groups -OCH3 is 1. The summed E-state index contributed by atoms with van der Waals surface area (Å²) in [5.74, 6) is -0.383. The zero-order valence-corrected chi connectivity index (χ0v) is 10.5. The molecule has 0 spiro atoms. The zero-order valence-electron chi connectivity index (χ0n) is 10.5. The first-order valence-corrected chi connectivity index (χ1v) is 5.87. The van der Waals surface area contributed by atoms with Gasteiger partial charge in [-0.05, 0) is 6.42 Å². The van der Waals surface area contributed by atoms with Crippen molar-refractivity contribution in [2.45, 2.75) is 39.2 Å². The summed E-state index contributed by atoms with van der Waals surface area (Å²) >= 11 is 0. The van der Waals surface area contributed by atoms with Crippen LogP contribution >= 0.6 is 0 Å². The van der Waals surface area contributed by atoms with Crippen LogP contribution in [-0.2, 0) is 28.9 Å². The molecule has 6 nitrogen and oxygen atoms in total. The first-order valence-electron chi connectivity index (χ1n) is 5.87. The molecule has 0 aromatic carbocycles. The summed E-state index contributed by atoms with van der Waals surface area (Å²) in [5, 5.41) is 8.08. The van der Waals surface area contributed by atoms with E-state index in [0.29, 0.717) is 18.7 Å². The Labute approximate surface area is 101 Å². The Morgan fingerprint density at radius 1 is 1.53 bits per heavy atom. The van der Waals surface area contributed by atoms with Crippen LogP contribution in [0.15, 0.2) is 0 Å². The van der Waals surface area contributed by atoms with Crippen LogP contribution in [0.5, 0.6) is 0 Å². The van der Waals surface area contributed by atoms with Crippen molar-refractivity contribution in [3.8, 4) is 0 Å². The Hall–Kier alpha value is -1.43. The summed E-state index contributed by atoms with van der Waals surface area (Å²) in [4.78, 5) is 10.9. The van der Waals surface area contributed by atoms with Gasteiger partial charge in [-0.15, -0.1) is 5.10 Å². The number of amides is 1. The first kappa shape index (κ1) is 13.6. The van der Waals surface area contributed by atoms with Gasteiger partial charge in [0.2, 0.25) is 5.91 Å². The largest absolute Gasteiger partial charge is 0.384 e. The monoisotopic (exact) mass is 240 g/mol. The highest BCUT2D eigenvalue weighted by atomic mass is 16.5. The third kappa shape index (κ3) is 4.14. The second-order valence-corrected chi connectivity index (χ2v) is 3.95. The van der Waals surface area contributed by atoms with Crippen molar-refractivity contribution < 1.29 is 9.53 Å². The van der Waals surface area contributed by atoms with Crippen molar-refractivity contribution in [3.05, 3.63) is 11.4 Å². The number of primary amides is 1. The van der Waals surface area contributed by atoms with Gasteiger partial charge >= 0.3 is 0 Å². The second-order valence-electron chi connectivity index (χ2n) is 3.95. The molecular formula is C11H20N4O2. The number of nitrogens with two attached hydrogens (primary N) is 1. The number of hydrogen-bond donors (Lipinski definition) is 1. The van der Waals surface area contributed by atoms with Gasteiger partial charge in [-0.1, -0.05) is 18.6 Å². The third-order valence-corrected chi connectivity index (χ3v) is 2.53. The smallest absolute Gasteiger partial charge is 0.223 e. The van der Waals surface area contributed by atoms with E-state index in [0.717, 1.165) is 25.1 Å². The van der Waals surface area contributed by atoms with Crippen LogP contribution < -0.4 is 5.73 Å². The van der Waals surface area contributed by atoms with Crippen molar-refractivity contribution >= 4 is 5.91 Å². The average molecular weight is 240 g/mol. The Bertz CT molecular complexity index is 362. The minimum Gasteiger partial charge on any atom is -0.384 e. The number of carbonyl (C=O) groups is 1. The van der Waals surface area contributed by atoms with Gasteiger partial charge in [0.25, 0.3) is 0 Å². The Kier molecular flexibility index (Phi) is 5.62. The highest BCUT2D eigenvalue weighted by molar-refractivity contribution is 5.76. The molecule has 1 heterocycles. The van der Waals surface area contributed by atoms with Gasteiger partial charge in [0, 0.05) is 20.1 Å². The molecule has 96 valence electrons. The highest BCUT2D eigenvalue weighted by Gasteiger charge is 2.14. The highest BCUT2D eigenvalue weighted by Crippen LogP contribution is 2.09. The predicted octanol–water partition coefficient (Wildman–Crippen LogP) is 0.295. The number of unbranched alkanes of at least 4 members (excludes halogenated alkanes) is 1. The molecule has 0 atom stereocenters. The van der Waals surface area contributed by atoms with Gasteiger partial charge in [-0.25, -0.2) is 4.68 Å². The molecule has 0 saturated heterocycles. The maximum Gasteiger partial charge on any atom is 0.223 e. The molecule has 1 aromatic heterocycles. The number of aryl methyl sites for hydroxylation is 1. The topological polar surface area (TPSA) is 83.0 Å². The van der Waals surface area contributed by atoms with E-state index in [1.807, 2.05) is 4.68 Å². The van der Waals surface area contributed by atoms with E-state index in [1.54, 1.807) is 7.11 Å². The van der Waals surface area contributed by atoms with E-state index < -0.39 is 0 Å². The van der Waals surface area contributed by atoms with E-state index >= 15 is 0 Å². The summed E-state index contributed by atoms with van der Waals surface area (Å²) in [6.07, 6.45) is 2.98. The van der Waals surface area contributed by atoms with E-state index in [1.165, 1.54) is 0 Å². The average Bonchev–Trinajstić information content (AvgIpc) is 2.65. The molecule has 0 bridgehead atoms. The van der Waals surface area contributed by atoms with Crippen LogP contribution in [0.25, 0.3) is 0 Å². The van der Waals surface area contributed by atoms with Crippen LogP contribution in [-0.4, -0.2) is 34.6 Å². The normalized spacial score (nSPS) is 10.7. The van der Waals surface area contributed by atoms with Crippen molar-refractivity contribution in [2.75, 3.05) is 13.7 Å². The quantitative estimate of drug-likeness (QED) is 0.708. The van der Waals surface area contributed by atoms with Crippen LogP contribution in [0.1, 0.15) is 31.2 Å². The van der Waals surface area contributed by atoms with E-state index in [9.17, 15) is 4.79 Å². The van der Waals surface area contributed by atoms with E-state index in [-0.39, 0.29) is 12.3 Å². The molecule has 6 heteroatoms. The van der Waals surface area contributed by atoms with Crippen LogP contribution in [0.2, 0.25) is 0 Å². The molecule has 17 heavy (non-hydrogen) atoms. The lowest BCUT2D eigenvalue weighted by Gasteiger charge is -2.06. The fraction of sp³-hybridized carbons (Fsp3) is 0.727. The van der Waals surface area contributed by atoms with Gasteiger partial charge < -0.3 is 10.5 Å². The van der Waals surface area contributed by atoms with Gasteiger partial charge in [0.1, 0.15) is 0 Å². The SMILES string of the molecule is CCCCn1nnc(CC(N)=O)c1CCOC. The van der Waals surface area contributed by atoms with Gasteiger partial charge in [-0.2, -0.15) is 0 Å². The van der Waals surface area contributed by atoms with Gasteiger partial charge in [-0.3, -0.25) is 4.79 Å². The minimum absolute atomic E-state index is 0.144. The summed E-state index contributed by atoms with van der Waals surface area (Å²) in [7, 11) is 1.65. The zero-order chi connectivity index (χ0) is 12.7. The maximum atomic E-state index is 10.9. The molecule has 0 unspecified atom stereocenters. The molecular weight excluding hydrogens is 220 g/mol. The van der Waals surface area contributed by atoms with Gasteiger partial charge in [0.05, 0.1) is 24.4 Å². The Balaban J connectivity index is 2.80. The summed E-state index contributed by atoms with van der Waals surface area (Å²) < 4.78 is 6.90. The molecule has 0 saturated carbocycles. The van der Waals surface area contributed by atoms with Crippen molar-refractivity contribution in [1.82, 2.24) is 15.0 Å². The summed E-state index contributed by atoms with van der Waals surface area (Å²) in [5.41, 5.74) is 6.81. The summed E-state index contributed by atoms with van der Waals surface area (Å²) in [6.45, 7) is 3.53. The van der Waals surface area contributed by atoms with Crippen LogP contribution in [0.4, 0.5) is 0 Å². The van der Waals surface area contributed by atoms with Crippen molar-refractivity contribution in [3.63, 3.8) is 0 Å². The number of rotatable bonds is 8. The lowest BCUT2D eigenvalue weighted by Crippen LogP contribution is -2.16. The number of hydrogen-bond acceptors (Lipinski definition) is 4. The van der Waals surface area contributed by atoms with Gasteiger partial charge in [0.15, 0.2) is 0 Å². The van der Waals surface area contributed by atoms with Crippen molar-refractivity contribution in [2.24, 2.45) is 5.73 Å². The maximum absolute atomic E-state index is 10.9. The molecule has 2 N–H and O–H groups in total. The molecule has 1 aromatic rings. The first-order chi connectivity index (χ1) is 8.19. The van der Waals surface area contributed by atoms with Crippen LogP contribution in [0, 0.1) is 0 Å². The van der Waals surface area contributed by atoms with E-state index in [4.69, 9.17) is 10.5 Å². The fourth-order valence-electron chi connectivity index (χ4n) is 1.63. The Morgan fingerprint density at radius 2 is 2.29 bits per heavy atom. The number of nitrogens with zero attached hydrogens (tertiary/aromatic N) is 3. The standard InChI is InChI=1S/C11H20N4O2/c1-3-4-6-15-10(5-7-17-2)9(13-14-15)8-11(12)16/h3-8H2,1-2H3,(H2,12,16). The van der Waals surface area contributed by atoms with E-state index in [2.05, 4.69) is 17.2 Å². The van der Waals surface area contributed by atoms with Crippen molar-refractivity contribution in [1.29, 1.82) is 0 Å². The number of carbonyl (C=O) groups excluding carboxylic acids is 1. The molecule has 0 aliphatic heterocycles. The summed E-state index contributed by atoms with van der Waals surface area (Å²) in [6, 6.07) is 0. The fourth-order valence-corrected chi connectivity index (χ4v) is 1.63. The Morgan fingerprint density at radius 3 is 2.88 bits per heavy atom. The third-order valence-electron chi connectivity index (χ3n) is 2.53. The molecule has 1 rings (SSSR count). The second kappa shape index (κ2) is 7.01. The number of ether oxygens (including phenoxy) is 1. The predicted molar refractivity (Wildman–Crippen MR) is 63.4 cm³/mol. The van der Waals surface area contributed by atoms with Crippen LogP contribution in [0.3, 0.4) is 0 Å². The lowest BCUT2D eigenvalue weighted by atomic mass is 10.2. The molecule has 0 aliphatic rings. The number of aromatic nitrogens is 3. The lowest BCUT2D eigenvalue weighted by molar-refractivity contribution is -0.117. The molecule has 0 fully saturated rings. The molecule has 0 aliphatic carbocycles. The minimum atomic E-state index is -0.383.